The van der Waals surface area contributed by atoms with Gasteiger partial charge < -0.3 is 15.7 Å². The van der Waals surface area contributed by atoms with Crippen molar-refractivity contribution in [3.63, 3.8) is 0 Å². The van der Waals surface area contributed by atoms with E-state index in [2.05, 4.69) is 17.3 Å². The van der Waals surface area contributed by atoms with Crippen molar-refractivity contribution >= 4 is 5.97 Å². The standard InChI is InChI=1S/C4H8N2O3/c1-2(9-6)3(5)4(7)8/h3H,1,5-6H2,(H,7,8)/t3-/m1/s1. The topological polar surface area (TPSA) is 98.6 Å². The molecule has 0 saturated carbocycles. The molecule has 1 atom stereocenters. The van der Waals surface area contributed by atoms with Crippen LogP contribution in [0.3, 0.4) is 0 Å². The SMILES string of the molecule is C=C(ON)[C@@H](N)C(=O)O. The van der Waals surface area contributed by atoms with Crippen molar-refractivity contribution in [2.24, 2.45) is 11.6 Å². The third-order valence-corrected chi connectivity index (χ3v) is 0.764. The van der Waals surface area contributed by atoms with E-state index in [0.717, 1.165) is 0 Å². The largest absolute Gasteiger partial charge is 0.480 e. The number of hydrogen-bond donors (Lipinski definition) is 3. The lowest BCUT2D eigenvalue weighted by molar-refractivity contribution is -0.138. The second kappa shape index (κ2) is 3.06. The maximum atomic E-state index is 9.98. The van der Waals surface area contributed by atoms with Crippen LogP contribution >= 0.6 is 0 Å². The molecule has 5 nitrogen and oxygen atoms in total. The summed E-state index contributed by atoms with van der Waals surface area (Å²) in [7, 11) is 0. The van der Waals surface area contributed by atoms with Gasteiger partial charge in [0.25, 0.3) is 0 Å². The summed E-state index contributed by atoms with van der Waals surface area (Å²) in [6, 6.07) is -1.24. The molecule has 0 radical (unpaired) electrons. The molecule has 0 bridgehead atoms. The van der Waals surface area contributed by atoms with Crippen LogP contribution in [0.1, 0.15) is 0 Å². The van der Waals surface area contributed by atoms with Gasteiger partial charge in [-0.3, -0.25) is 4.79 Å². The van der Waals surface area contributed by atoms with Gasteiger partial charge in [0.05, 0.1) is 0 Å². The molecule has 0 amide bonds. The van der Waals surface area contributed by atoms with Crippen LogP contribution in [-0.4, -0.2) is 17.1 Å². The van der Waals surface area contributed by atoms with Gasteiger partial charge in [0, 0.05) is 0 Å². The van der Waals surface area contributed by atoms with E-state index < -0.39 is 12.0 Å². The van der Waals surface area contributed by atoms with Crippen LogP contribution in [0.4, 0.5) is 0 Å². The number of carbonyl (C=O) groups is 1. The summed E-state index contributed by atoms with van der Waals surface area (Å²) in [4.78, 5) is 14.0. The lowest BCUT2D eigenvalue weighted by Gasteiger charge is -2.05. The van der Waals surface area contributed by atoms with Crippen LogP contribution in [0.25, 0.3) is 0 Å². The van der Waals surface area contributed by atoms with Crippen LogP contribution < -0.4 is 11.6 Å². The molecule has 0 spiro atoms. The van der Waals surface area contributed by atoms with Gasteiger partial charge >= 0.3 is 5.97 Å². The molecule has 5 N–H and O–H groups in total. The van der Waals surface area contributed by atoms with Gasteiger partial charge in [-0.15, -0.1) is 0 Å². The van der Waals surface area contributed by atoms with Gasteiger partial charge in [0.1, 0.15) is 5.76 Å². The van der Waals surface area contributed by atoms with Crippen molar-refractivity contribution in [1.82, 2.24) is 0 Å². The van der Waals surface area contributed by atoms with Crippen molar-refractivity contribution in [2.45, 2.75) is 6.04 Å². The highest BCUT2D eigenvalue weighted by Crippen LogP contribution is 1.93. The minimum absolute atomic E-state index is 0.164. The first-order valence-corrected chi connectivity index (χ1v) is 2.13. The third kappa shape index (κ3) is 2.11. The highest BCUT2D eigenvalue weighted by Gasteiger charge is 2.15. The fourth-order valence-corrected chi connectivity index (χ4v) is 0.211. The Morgan fingerprint density at radius 1 is 1.78 bits per heavy atom. The second-order valence-electron chi connectivity index (χ2n) is 1.40. The van der Waals surface area contributed by atoms with E-state index in [1.165, 1.54) is 0 Å². The molecule has 0 aliphatic heterocycles. The smallest absolute Gasteiger partial charge is 0.328 e. The first-order valence-electron chi connectivity index (χ1n) is 2.13. The second-order valence-corrected chi connectivity index (χ2v) is 1.40. The van der Waals surface area contributed by atoms with Crippen molar-refractivity contribution in [3.05, 3.63) is 12.3 Å². The number of nitrogens with two attached hydrogens (primary N) is 2. The monoisotopic (exact) mass is 132 g/mol. The number of aliphatic carboxylic acids is 1. The summed E-state index contributed by atoms with van der Waals surface area (Å²) < 4.78 is 0. The first-order chi connectivity index (χ1) is 4.09. The zero-order chi connectivity index (χ0) is 7.44. The minimum Gasteiger partial charge on any atom is -0.480 e. The van der Waals surface area contributed by atoms with Gasteiger partial charge in [-0.1, -0.05) is 6.58 Å². The fourth-order valence-electron chi connectivity index (χ4n) is 0.211. The lowest BCUT2D eigenvalue weighted by atomic mass is 10.3. The van der Waals surface area contributed by atoms with Gasteiger partial charge in [0.15, 0.2) is 6.04 Å². The van der Waals surface area contributed by atoms with E-state index in [1.54, 1.807) is 0 Å². The Hall–Kier alpha value is -1.07. The molecule has 0 aromatic heterocycles. The van der Waals surface area contributed by atoms with Crippen LogP contribution in [0.5, 0.6) is 0 Å². The summed E-state index contributed by atoms with van der Waals surface area (Å²) in [5, 5.41) is 8.16. The Kier molecular flexibility index (Phi) is 2.69. The zero-order valence-electron chi connectivity index (χ0n) is 4.70. The molecule has 9 heavy (non-hydrogen) atoms. The van der Waals surface area contributed by atoms with Crippen LogP contribution in [-0.2, 0) is 9.63 Å². The molecule has 0 fully saturated rings. The normalized spacial score (nSPS) is 12.2. The quantitative estimate of drug-likeness (QED) is 0.331. The molecule has 0 aliphatic rings. The van der Waals surface area contributed by atoms with Gasteiger partial charge in [-0.2, -0.15) is 5.90 Å². The fraction of sp³-hybridized carbons (Fsp3) is 0.250. The van der Waals surface area contributed by atoms with Crippen LogP contribution in [0, 0.1) is 0 Å². The van der Waals surface area contributed by atoms with E-state index in [-0.39, 0.29) is 5.76 Å². The highest BCUT2D eigenvalue weighted by atomic mass is 16.6. The molecule has 0 heterocycles. The number of rotatable bonds is 3. The average Bonchev–Trinajstić information content (AvgIpc) is 1.84. The molecule has 0 unspecified atom stereocenters. The van der Waals surface area contributed by atoms with E-state index in [9.17, 15) is 4.79 Å². The summed E-state index contributed by atoms with van der Waals surface area (Å²) >= 11 is 0. The Morgan fingerprint density at radius 3 is 2.33 bits per heavy atom. The Morgan fingerprint density at radius 2 is 2.22 bits per heavy atom. The zero-order valence-corrected chi connectivity index (χ0v) is 4.70. The Bertz CT molecular complexity index is 134. The van der Waals surface area contributed by atoms with E-state index in [1.807, 2.05) is 0 Å². The molecule has 0 aromatic rings. The number of hydrogen-bond acceptors (Lipinski definition) is 4. The maximum Gasteiger partial charge on any atom is 0.328 e. The molecule has 0 aliphatic carbocycles. The van der Waals surface area contributed by atoms with Gasteiger partial charge in [-0.05, 0) is 0 Å². The van der Waals surface area contributed by atoms with Crippen molar-refractivity contribution < 1.29 is 14.7 Å². The number of carboxylic acid groups (broad SMARTS) is 1. The maximum absolute atomic E-state index is 9.98. The van der Waals surface area contributed by atoms with Gasteiger partial charge in [-0.25, -0.2) is 0 Å². The lowest BCUT2D eigenvalue weighted by Crippen LogP contribution is -2.33. The molecular weight excluding hydrogens is 124 g/mol. The van der Waals surface area contributed by atoms with Gasteiger partial charge in [0.2, 0.25) is 0 Å². The molecule has 0 rings (SSSR count). The van der Waals surface area contributed by atoms with Crippen LogP contribution in [0.2, 0.25) is 0 Å². The number of carboxylic acids is 1. The summed E-state index contributed by atoms with van der Waals surface area (Å²) in [5.41, 5.74) is 4.97. The van der Waals surface area contributed by atoms with Crippen LogP contribution in [0.15, 0.2) is 12.3 Å². The molecule has 52 valence electrons. The minimum atomic E-state index is -1.24. The summed E-state index contributed by atoms with van der Waals surface area (Å²) in [6.45, 7) is 3.14. The van der Waals surface area contributed by atoms with E-state index >= 15 is 0 Å². The first kappa shape index (κ1) is 7.93. The Balaban J connectivity index is 3.88. The van der Waals surface area contributed by atoms with Crippen molar-refractivity contribution in [3.8, 4) is 0 Å². The van der Waals surface area contributed by atoms with Crippen molar-refractivity contribution in [1.29, 1.82) is 0 Å². The Labute approximate surface area is 51.8 Å². The average molecular weight is 132 g/mol. The predicted octanol–water partition coefficient (Wildman–Crippen LogP) is -1.20. The van der Waals surface area contributed by atoms with E-state index in [4.69, 9.17) is 10.8 Å². The third-order valence-electron chi connectivity index (χ3n) is 0.764. The molecular formula is C4H8N2O3. The highest BCUT2D eigenvalue weighted by molar-refractivity contribution is 5.76. The molecule has 0 saturated heterocycles. The molecule has 0 aromatic carbocycles. The summed E-state index contributed by atoms with van der Waals surface area (Å²) in [5.74, 6) is 3.19. The predicted molar refractivity (Wildman–Crippen MR) is 30.0 cm³/mol. The molecule has 5 heteroatoms. The van der Waals surface area contributed by atoms with E-state index in [0.29, 0.717) is 0 Å². The van der Waals surface area contributed by atoms with Crippen molar-refractivity contribution in [2.75, 3.05) is 0 Å². The summed E-state index contributed by atoms with van der Waals surface area (Å²) in [6.07, 6.45) is 0.